The average Bonchev–Trinajstić information content (AvgIpc) is 2.84. The van der Waals surface area contributed by atoms with Crippen LogP contribution >= 0.6 is 0 Å². The number of benzene rings is 2. The number of amides is 3. The van der Waals surface area contributed by atoms with Crippen LogP contribution in [0.1, 0.15) is 66.7 Å². The van der Waals surface area contributed by atoms with Gasteiger partial charge in [0.1, 0.15) is 0 Å². The SMILES string of the molecule is CCN(CC)C(=O)c1cccc(NCC(=O)Nc2ccc(C(=O)NC3CCCCC3)cc2)c1. The second kappa shape index (κ2) is 12.0. The van der Waals surface area contributed by atoms with E-state index in [1.165, 1.54) is 19.3 Å². The van der Waals surface area contributed by atoms with E-state index in [0.29, 0.717) is 35.6 Å². The summed E-state index contributed by atoms with van der Waals surface area (Å²) < 4.78 is 0. The van der Waals surface area contributed by atoms with Gasteiger partial charge in [-0.15, -0.1) is 0 Å². The van der Waals surface area contributed by atoms with E-state index in [1.807, 2.05) is 19.9 Å². The molecule has 2 aromatic rings. The van der Waals surface area contributed by atoms with Crippen LogP contribution in [0.4, 0.5) is 11.4 Å². The molecular weight excluding hydrogens is 416 g/mol. The third kappa shape index (κ3) is 7.07. The van der Waals surface area contributed by atoms with Gasteiger partial charge in [-0.25, -0.2) is 0 Å². The molecule has 0 bridgehead atoms. The third-order valence-electron chi connectivity index (χ3n) is 5.98. The van der Waals surface area contributed by atoms with E-state index in [0.717, 1.165) is 12.8 Å². The van der Waals surface area contributed by atoms with Gasteiger partial charge in [0, 0.05) is 41.6 Å². The van der Waals surface area contributed by atoms with E-state index in [1.54, 1.807) is 47.4 Å². The fraction of sp³-hybridized carbons (Fsp3) is 0.423. The highest BCUT2D eigenvalue weighted by Crippen LogP contribution is 2.18. The molecule has 1 aliphatic rings. The maximum absolute atomic E-state index is 12.5. The molecule has 33 heavy (non-hydrogen) atoms. The topological polar surface area (TPSA) is 90.5 Å². The highest BCUT2D eigenvalue weighted by atomic mass is 16.2. The number of rotatable bonds is 9. The van der Waals surface area contributed by atoms with Crippen LogP contribution in [-0.4, -0.2) is 48.3 Å². The standard InChI is InChI=1S/C26H34N4O3/c1-3-30(4-2)26(33)20-9-8-12-23(17-20)27-18-24(31)28-22-15-13-19(14-16-22)25(32)29-21-10-6-5-7-11-21/h8-9,12-17,21,27H,3-7,10-11,18H2,1-2H3,(H,28,31)(H,29,32). The number of hydrogen-bond donors (Lipinski definition) is 3. The van der Waals surface area contributed by atoms with Gasteiger partial charge in [0.25, 0.3) is 11.8 Å². The molecule has 0 unspecified atom stereocenters. The fourth-order valence-corrected chi connectivity index (χ4v) is 4.06. The number of nitrogens with zero attached hydrogens (tertiary/aromatic N) is 1. The second-order valence-electron chi connectivity index (χ2n) is 8.35. The Morgan fingerprint density at radius 2 is 1.58 bits per heavy atom. The maximum Gasteiger partial charge on any atom is 0.253 e. The predicted molar refractivity (Wildman–Crippen MR) is 132 cm³/mol. The summed E-state index contributed by atoms with van der Waals surface area (Å²) in [7, 11) is 0. The largest absolute Gasteiger partial charge is 0.376 e. The van der Waals surface area contributed by atoms with Gasteiger partial charge >= 0.3 is 0 Å². The van der Waals surface area contributed by atoms with Crippen LogP contribution in [0.15, 0.2) is 48.5 Å². The third-order valence-corrected chi connectivity index (χ3v) is 5.98. The molecule has 176 valence electrons. The number of hydrogen-bond acceptors (Lipinski definition) is 4. The van der Waals surface area contributed by atoms with Gasteiger partial charge in [-0.3, -0.25) is 14.4 Å². The van der Waals surface area contributed by atoms with E-state index >= 15 is 0 Å². The molecule has 7 nitrogen and oxygen atoms in total. The summed E-state index contributed by atoms with van der Waals surface area (Å²) in [6.45, 7) is 5.26. The van der Waals surface area contributed by atoms with Crippen LogP contribution in [0.5, 0.6) is 0 Å². The van der Waals surface area contributed by atoms with Crippen LogP contribution in [0.3, 0.4) is 0 Å². The summed E-state index contributed by atoms with van der Waals surface area (Å²) in [4.78, 5) is 39.1. The fourth-order valence-electron chi connectivity index (χ4n) is 4.06. The Bertz CT molecular complexity index is 948. The van der Waals surface area contributed by atoms with Crippen molar-refractivity contribution in [2.24, 2.45) is 0 Å². The Morgan fingerprint density at radius 3 is 2.24 bits per heavy atom. The molecule has 0 saturated heterocycles. The molecule has 1 aliphatic carbocycles. The van der Waals surface area contributed by atoms with Crippen molar-refractivity contribution in [1.82, 2.24) is 10.2 Å². The summed E-state index contributed by atoms with van der Waals surface area (Å²) in [6.07, 6.45) is 5.66. The summed E-state index contributed by atoms with van der Waals surface area (Å²) in [5.41, 5.74) is 2.51. The summed E-state index contributed by atoms with van der Waals surface area (Å²) in [6, 6.07) is 14.3. The molecule has 0 radical (unpaired) electrons. The van der Waals surface area contributed by atoms with Crippen LogP contribution < -0.4 is 16.0 Å². The van der Waals surface area contributed by atoms with Crippen molar-refractivity contribution in [3.8, 4) is 0 Å². The molecule has 0 aromatic heterocycles. The molecule has 7 heteroatoms. The lowest BCUT2D eigenvalue weighted by atomic mass is 9.95. The summed E-state index contributed by atoms with van der Waals surface area (Å²) in [5, 5.41) is 8.99. The van der Waals surface area contributed by atoms with Crippen molar-refractivity contribution in [2.45, 2.75) is 52.0 Å². The lowest BCUT2D eigenvalue weighted by Crippen LogP contribution is -2.36. The Balaban J connectivity index is 1.49. The van der Waals surface area contributed by atoms with Crippen molar-refractivity contribution < 1.29 is 14.4 Å². The molecule has 3 rings (SSSR count). The first-order valence-electron chi connectivity index (χ1n) is 11.8. The van der Waals surface area contributed by atoms with Crippen LogP contribution in [0.25, 0.3) is 0 Å². The molecular formula is C26H34N4O3. The quantitative estimate of drug-likeness (QED) is 0.532. The average molecular weight is 451 g/mol. The van der Waals surface area contributed by atoms with Crippen molar-refractivity contribution in [2.75, 3.05) is 30.3 Å². The van der Waals surface area contributed by atoms with Gasteiger partial charge in [-0.1, -0.05) is 25.3 Å². The van der Waals surface area contributed by atoms with Crippen molar-refractivity contribution in [3.05, 3.63) is 59.7 Å². The lowest BCUT2D eigenvalue weighted by Gasteiger charge is -2.22. The minimum atomic E-state index is -0.213. The minimum absolute atomic E-state index is 0.0271. The van der Waals surface area contributed by atoms with E-state index in [2.05, 4.69) is 16.0 Å². The van der Waals surface area contributed by atoms with Crippen molar-refractivity contribution in [1.29, 1.82) is 0 Å². The van der Waals surface area contributed by atoms with E-state index in [4.69, 9.17) is 0 Å². The molecule has 1 saturated carbocycles. The zero-order chi connectivity index (χ0) is 23.6. The Hall–Kier alpha value is -3.35. The van der Waals surface area contributed by atoms with E-state index < -0.39 is 0 Å². The number of nitrogens with one attached hydrogen (secondary N) is 3. The summed E-state index contributed by atoms with van der Waals surface area (Å²) >= 11 is 0. The first kappa shape index (κ1) is 24.3. The molecule has 3 amide bonds. The van der Waals surface area contributed by atoms with Gasteiger partial charge in [0.05, 0.1) is 6.54 Å². The highest BCUT2D eigenvalue weighted by Gasteiger charge is 2.17. The Morgan fingerprint density at radius 1 is 0.879 bits per heavy atom. The highest BCUT2D eigenvalue weighted by molar-refractivity contribution is 5.97. The van der Waals surface area contributed by atoms with Gasteiger partial charge in [-0.2, -0.15) is 0 Å². The van der Waals surface area contributed by atoms with Gasteiger partial charge in [-0.05, 0) is 69.2 Å². The molecule has 0 spiro atoms. The Labute approximate surface area is 195 Å². The smallest absolute Gasteiger partial charge is 0.253 e. The van der Waals surface area contributed by atoms with E-state index in [9.17, 15) is 14.4 Å². The first-order chi connectivity index (χ1) is 16.0. The van der Waals surface area contributed by atoms with Gasteiger partial charge < -0.3 is 20.9 Å². The second-order valence-corrected chi connectivity index (χ2v) is 8.35. The zero-order valence-electron chi connectivity index (χ0n) is 19.5. The Kier molecular flexibility index (Phi) is 8.87. The summed E-state index contributed by atoms with van der Waals surface area (Å²) in [5.74, 6) is -0.309. The molecule has 2 aromatic carbocycles. The zero-order valence-corrected chi connectivity index (χ0v) is 19.5. The number of anilines is 2. The molecule has 1 fully saturated rings. The normalized spacial score (nSPS) is 13.8. The van der Waals surface area contributed by atoms with Crippen molar-refractivity contribution in [3.63, 3.8) is 0 Å². The van der Waals surface area contributed by atoms with Crippen LogP contribution in [0, 0.1) is 0 Å². The molecule has 3 N–H and O–H groups in total. The lowest BCUT2D eigenvalue weighted by molar-refractivity contribution is -0.114. The number of carbonyl (C=O) groups excluding carboxylic acids is 3. The van der Waals surface area contributed by atoms with Gasteiger partial charge in [0.15, 0.2) is 0 Å². The van der Waals surface area contributed by atoms with E-state index in [-0.39, 0.29) is 30.3 Å². The monoisotopic (exact) mass is 450 g/mol. The molecule has 0 aliphatic heterocycles. The first-order valence-corrected chi connectivity index (χ1v) is 11.8. The predicted octanol–water partition coefficient (Wildman–Crippen LogP) is 4.28. The maximum atomic E-state index is 12.5. The molecule has 0 heterocycles. The van der Waals surface area contributed by atoms with Crippen LogP contribution in [0.2, 0.25) is 0 Å². The molecule has 0 atom stereocenters. The number of carbonyl (C=O) groups is 3. The van der Waals surface area contributed by atoms with Gasteiger partial charge in [0.2, 0.25) is 5.91 Å². The van der Waals surface area contributed by atoms with Crippen LogP contribution in [-0.2, 0) is 4.79 Å². The minimum Gasteiger partial charge on any atom is -0.376 e. The van der Waals surface area contributed by atoms with Crippen molar-refractivity contribution >= 4 is 29.1 Å².